The van der Waals surface area contributed by atoms with Crippen molar-refractivity contribution in [2.24, 2.45) is 17.3 Å². The summed E-state index contributed by atoms with van der Waals surface area (Å²) in [4.78, 5) is 44.9. The van der Waals surface area contributed by atoms with Gasteiger partial charge in [-0.2, -0.15) is 0 Å². The first kappa shape index (κ1) is 24.0. The minimum atomic E-state index is -1.56. The number of ether oxygens (including phenoxy) is 2. The molecule has 0 bridgehead atoms. The van der Waals surface area contributed by atoms with E-state index in [-0.39, 0.29) is 30.2 Å². The molecule has 194 valence electrons. The summed E-state index contributed by atoms with van der Waals surface area (Å²) >= 11 is 0. The molecule has 6 rings (SSSR count). The van der Waals surface area contributed by atoms with Crippen molar-refractivity contribution in [3.63, 3.8) is 0 Å². The number of methoxy groups -OCH3 is 1. The average molecular weight is 513 g/mol. The molecule has 3 aliphatic heterocycles. The van der Waals surface area contributed by atoms with Gasteiger partial charge in [-0.1, -0.05) is 30.9 Å². The molecule has 4 amide bonds. The van der Waals surface area contributed by atoms with Gasteiger partial charge in [-0.05, 0) is 48.8 Å². The molecule has 9 nitrogen and oxygen atoms in total. The minimum absolute atomic E-state index is 0.0606. The van der Waals surface area contributed by atoms with Crippen LogP contribution in [0.2, 0.25) is 0 Å². The monoisotopic (exact) mass is 512 g/mol. The van der Waals surface area contributed by atoms with Crippen molar-refractivity contribution >= 4 is 17.8 Å². The average Bonchev–Trinajstić information content (AvgIpc) is 3.32. The summed E-state index contributed by atoms with van der Waals surface area (Å²) in [7, 11) is 1.56. The van der Waals surface area contributed by atoms with Gasteiger partial charge in [-0.15, -0.1) is 0 Å². The molecule has 4 unspecified atom stereocenters. The topological polar surface area (TPSA) is 110 Å². The second-order valence-corrected chi connectivity index (χ2v) is 10.6. The van der Waals surface area contributed by atoms with Gasteiger partial charge in [0.25, 0.3) is 5.91 Å². The molecule has 9 heteroatoms. The molecule has 0 radical (unpaired) electrons. The zero-order chi connectivity index (χ0) is 26.7. The van der Waals surface area contributed by atoms with Crippen LogP contribution in [-0.2, 0) is 14.3 Å². The van der Waals surface area contributed by atoms with E-state index in [0.717, 1.165) is 22.6 Å². The van der Waals surface area contributed by atoms with Crippen molar-refractivity contribution in [3.8, 4) is 17.6 Å². The van der Waals surface area contributed by atoms with Crippen LogP contribution < -0.4 is 15.4 Å². The largest absolute Gasteiger partial charge is 0.497 e. The lowest BCUT2D eigenvalue weighted by molar-refractivity contribution is -0.135. The third kappa shape index (κ3) is 3.71. The van der Waals surface area contributed by atoms with Gasteiger partial charge in [0.1, 0.15) is 18.1 Å². The Labute approximate surface area is 220 Å². The second kappa shape index (κ2) is 8.62. The maximum atomic E-state index is 13.5. The Balaban J connectivity index is 1.29. The molecule has 2 saturated heterocycles. The van der Waals surface area contributed by atoms with E-state index in [2.05, 4.69) is 34.4 Å². The van der Waals surface area contributed by atoms with Gasteiger partial charge in [0, 0.05) is 30.2 Å². The molecule has 1 aromatic rings. The van der Waals surface area contributed by atoms with Gasteiger partial charge in [-0.3, -0.25) is 19.9 Å². The lowest BCUT2D eigenvalue weighted by Crippen LogP contribution is -2.55. The normalized spacial score (nSPS) is 32.8. The van der Waals surface area contributed by atoms with Gasteiger partial charge in [-0.25, -0.2) is 4.79 Å². The summed E-state index contributed by atoms with van der Waals surface area (Å²) < 4.78 is 11.2. The number of fused-ring (bicyclic) bond motifs is 4. The lowest BCUT2D eigenvalue weighted by Gasteiger charge is -2.33. The van der Waals surface area contributed by atoms with E-state index >= 15 is 0 Å². The molecule has 4 heterocycles. The van der Waals surface area contributed by atoms with Crippen LogP contribution in [0.1, 0.15) is 25.5 Å². The summed E-state index contributed by atoms with van der Waals surface area (Å²) in [6.07, 6.45) is 11.4. The number of carbonyl (C=O) groups excluding carboxylic acids is 3. The van der Waals surface area contributed by atoms with Crippen molar-refractivity contribution in [1.29, 1.82) is 0 Å². The highest BCUT2D eigenvalue weighted by Crippen LogP contribution is 2.44. The first-order chi connectivity index (χ1) is 18.2. The molecule has 1 aromatic heterocycles. The number of allylic oxidation sites excluding steroid dienone is 4. The number of nitrogens with one attached hydrogen (secondary N) is 2. The van der Waals surface area contributed by atoms with Gasteiger partial charge in [0.2, 0.25) is 11.4 Å². The number of rotatable bonds is 3. The van der Waals surface area contributed by atoms with E-state index in [4.69, 9.17) is 9.47 Å². The van der Waals surface area contributed by atoms with Crippen LogP contribution in [0.3, 0.4) is 0 Å². The smallest absolute Gasteiger partial charge is 0.323 e. The molecule has 2 N–H and O–H groups in total. The van der Waals surface area contributed by atoms with Crippen LogP contribution >= 0.6 is 0 Å². The van der Waals surface area contributed by atoms with Crippen LogP contribution in [0.15, 0.2) is 65.6 Å². The summed E-state index contributed by atoms with van der Waals surface area (Å²) in [6, 6.07) is 3.15. The Morgan fingerprint density at radius 1 is 1.32 bits per heavy atom. The van der Waals surface area contributed by atoms with E-state index in [1.807, 2.05) is 49.4 Å². The number of pyridine rings is 1. The minimum Gasteiger partial charge on any atom is -0.497 e. The second-order valence-electron chi connectivity index (χ2n) is 10.6. The highest BCUT2D eigenvalue weighted by atomic mass is 16.5. The summed E-state index contributed by atoms with van der Waals surface area (Å²) in [5, 5.41) is 4.99. The van der Waals surface area contributed by atoms with Crippen molar-refractivity contribution < 1.29 is 23.9 Å². The third-order valence-electron chi connectivity index (χ3n) is 8.09. The van der Waals surface area contributed by atoms with Crippen molar-refractivity contribution in [3.05, 3.63) is 71.3 Å². The predicted molar refractivity (Wildman–Crippen MR) is 137 cm³/mol. The summed E-state index contributed by atoms with van der Waals surface area (Å²) in [6.45, 7) is 4.74. The molecule has 0 aromatic carbocycles. The maximum absolute atomic E-state index is 13.5. The fraction of sp³-hybridized carbons (Fsp3) is 0.379. The highest BCUT2D eigenvalue weighted by molar-refractivity contribution is 6.09. The Hall–Kier alpha value is -4.32. The molecule has 2 aliphatic carbocycles. The number of imide groups is 1. The van der Waals surface area contributed by atoms with Crippen molar-refractivity contribution in [2.75, 3.05) is 26.8 Å². The molecule has 5 atom stereocenters. The lowest BCUT2D eigenvalue weighted by atomic mass is 9.76. The predicted octanol–water partition coefficient (Wildman–Crippen LogP) is 2.21. The third-order valence-corrected chi connectivity index (χ3v) is 8.09. The van der Waals surface area contributed by atoms with Crippen LogP contribution in [0, 0.1) is 29.1 Å². The van der Waals surface area contributed by atoms with E-state index in [9.17, 15) is 14.4 Å². The number of aromatic nitrogens is 1. The van der Waals surface area contributed by atoms with Crippen LogP contribution in [0.4, 0.5) is 4.79 Å². The van der Waals surface area contributed by atoms with Crippen LogP contribution in [0.5, 0.6) is 5.75 Å². The van der Waals surface area contributed by atoms with Crippen molar-refractivity contribution in [1.82, 2.24) is 20.5 Å². The number of urea groups is 1. The Morgan fingerprint density at radius 2 is 2.16 bits per heavy atom. The number of hydrogen-bond donors (Lipinski definition) is 2. The zero-order valence-electron chi connectivity index (χ0n) is 21.4. The van der Waals surface area contributed by atoms with E-state index in [1.165, 1.54) is 0 Å². The van der Waals surface area contributed by atoms with Crippen molar-refractivity contribution in [2.45, 2.75) is 25.3 Å². The molecular weight excluding hydrogens is 484 g/mol. The van der Waals surface area contributed by atoms with Gasteiger partial charge < -0.3 is 19.7 Å². The molecule has 0 spiro atoms. The Morgan fingerprint density at radius 3 is 2.92 bits per heavy atom. The molecule has 38 heavy (non-hydrogen) atoms. The van der Waals surface area contributed by atoms with Gasteiger partial charge >= 0.3 is 6.03 Å². The summed E-state index contributed by atoms with van der Waals surface area (Å²) in [5.74, 6) is 6.97. The quantitative estimate of drug-likeness (QED) is 0.475. The number of likely N-dealkylation sites (tertiary alicyclic amines) is 1. The Bertz CT molecular complexity index is 1450. The van der Waals surface area contributed by atoms with Gasteiger partial charge in [0.15, 0.2) is 0 Å². The fourth-order valence-electron chi connectivity index (χ4n) is 6.06. The SMILES string of the molecule is COC1=CC2(C)C(=O)N(C[C@@]3(C#CC4=CC(C)C5C(=C4)COc4cccnc45)NC(=O)NC3=O)CC2C=C1. The Kier molecular flexibility index (Phi) is 5.45. The zero-order valence-corrected chi connectivity index (χ0v) is 21.4. The maximum Gasteiger partial charge on any atom is 0.323 e. The van der Waals surface area contributed by atoms with Gasteiger partial charge in [0.05, 0.1) is 24.8 Å². The number of carbonyl (C=O) groups is 3. The standard InChI is InChI=1S/C29H28N4O5/c1-17-11-18(12-19-15-38-22-5-4-10-30-24(22)23(17)19)8-9-29(25(34)31-27(36)32-29)16-33-14-20-6-7-21(37-3)13-28(20,2)26(33)35/h4-7,10-13,17,20,23H,14-16H2,1-3H3,(H2,31,32,34,36)/t17?,20?,23?,28?,29-/m1/s1. The molecule has 0 saturated carbocycles. The van der Waals surface area contributed by atoms with E-state index in [1.54, 1.807) is 18.2 Å². The number of hydrogen-bond acceptors (Lipinski definition) is 6. The molecular formula is C29H28N4O5. The first-order valence-corrected chi connectivity index (χ1v) is 12.6. The van der Waals surface area contributed by atoms with Crippen LogP contribution in [0.25, 0.3) is 0 Å². The first-order valence-electron chi connectivity index (χ1n) is 12.6. The number of amides is 4. The van der Waals surface area contributed by atoms with E-state index in [0.29, 0.717) is 18.9 Å². The highest BCUT2D eigenvalue weighted by Gasteiger charge is 2.54. The number of nitrogens with zero attached hydrogens (tertiary/aromatic N) is 2. The summed E-state index contributed by atoms with van der Waals surface area (Å²) in [5.41, 5.74) is 0.333. The molecule has 2 fully saturated rings. The fourth-order valence-corrected chi connectivity index (χ4v) is 6.06. The van der Waals surface area contributed by atoms with Crippen LogP contribution in [-0.4, -0.2) is 60.1 Å². The van der Waals surface area contributed by atoms with E-state index < -0.39 is 22.9 Å². The molecule has 5 aliphatic rings.